The summed E-state index contributed by atoms with van der Waals surface area (Å²) in [6, 6.07) is 18.0. The fraction of sp³-hybridized carbons (Fsp3) is 0.188. The number of thiol groups is 1. The van der Waals surface area contributed by atoms with E-state index in [4.69, 9.17) is 0 Å². The summed E-state index contributed by atoms with van der Waals surface area (Å²) in [6.07, 6.45) is 0. The predicted molar refractivity (Wildman–Crippen MR) is 87.4 cm³/mol. The Morgan fingerprint density at radius 2 is 1.80 bits per heavy atom. The molecule has 1 unspecified atom stereocenters. The molecule has 2 N–H and O–H groups in total. The maximum absolute atomic E-state index is 11.4. The van der Waals surface area contributed by atoms with Gasteiger partial charge in [-0.3, -0.25) is 4.79 Å². The van der Waals surface area contributed by atoms with E-state index >= 15 is 0 Å². The number of carbonyl (C=O) groups is 1. The standard InChI is InChI=1S/C16H18N2OS/c1-12(17-14-7-3-2-4-8-14)13-6-5-9-15(10-13)18-16(19)11-20/h2-10,12,17,20H,11H2,1H3,(H,18,19). The lowest BCUT2D eigenvalue weighted by atomic mass is 10.1. The van der Waals surface area contributed by atoms with E-state index in [-0.39, 0.29) is 17.7 Å². The molecule has 2 aromatic carbocycles. The van der Waals surface area contributed by atoms with Gasteiger partial charge in [0.05, 0.1) is 5.75 Å². The maximum Gasteiger partial charge on any atom is 0.234 e. The number of hydrogen-bond donors (Lipinski definition) is 3. The van der Waals surface area contributed by atoms with Gasteiger partial charge in [-0.15, -0.1) is 0 Å². The van der Waals surface area contributed by atoms with Crippen molar-refractivity contribution in [3.05, 3.63) is 60.2 Å². The van der Waals surface area contributed by atoms with Crippen LogP contribution >= 0.6 is 12.6 Å². The number of anilines is 2. The lowest BCUT2D eigenvalue weighted by Gasteiger charge is -2.16. The summed E-state index contributed by atoms with van der Waals surface area (Å²) in [5.41, 5.74) is 2.99. The summed E-state index contributed by atoms with van der Waals surface area (Å²) in [7, 11) is 0. The number of benzene rings is 2. The lowest BCUT2D eigenvalue weighted by Crippen LogP contribution is -2.13. The first kappa shape index (κ1) is 14.5. The summed E-state index contributed by atoms with van der Waals surface area (Å²) >= 11 is 3.95. The highest BCUT2D eigenvalue weighted by atomic mass is 32.1. The van der Waals surface area contributed by atoms with Gasteiger partial charge in [0.15, 0.2) is 0 Å². The van der Waals surface area contributed by atoms with Crippen LogP contribution in [0.1, 0.15) is 18.5 Å². The Bertz CT molecular complexity index is 572. The molecule has 0 saturated carbocycles. The van der Waals surface area contributed by atoms with E-state index in [9.17, 15) is 4.79 Å². The molecule has 0 aliphatic carbocycles. The van der Waals surface area contributed by atoms with Crippen LogP contribution < -0.4 is 10.6 Å². The molecule has 104 valence electrons. The zero-order valence-corrected chi connectivity index (χ0v) is 12.2. The molecule has 0 radical (unpaired) electrons. The van der Waals surface area contributed by atoms with Crippen LogP contribution in [-0.4, -0.2) is 11.7 Å². The van der Waals surface area contributed by atoms with Gasteiger partial charge in [0.1, 0.15) is 0 Å². The number of carbonyl (C=O) groups excluding carboxylic acids is 1. The minimum atomic E-state index is -0.103. The van der Waals surface area contributed by atoms with Crippen LogP contribution in [0, 0.1) is 0 Å². The molecule has 0 saturated heterocycles. The monoisotopic (exact) mass is 286 g/mol. The van der Waals surface area contributed by atoms with Crippen molar-refractivity contribution < 1.29 is 4.79 Å². The third-order valence-electron chi connectivity index (χ3n) is 2.97. The highest BCUT2D eigenvalue weighted by molar-refractivity contribution is 7.81. The zero-order chi connectivity index (χ0) is 14.4. The van der Waals surface area contributed by atoms with E-state index in [0.29, 0.717) is 0 Å². The van der Waals surface area contributed by atoms with Crippen LogP contribution in [0.25, 0.3) is 0 Å². The highest BCUT2D eigenvalue weighted by Gasteiger charge is 2.07. The van der Waals surface area contributed by atoms with Gasteiger partial charge in [0.2, 0.25) is 5.91 Å². The Hall–Kier alpha value is -1.94. The second-order valence-corrected chi connectivity index (χ2v) is 4.88. The van der Waals surface area contributed by atoms with Gasteiger partial charge in [-0.1, -0.05) is 30.3 Å². The number of hydrogen-bond acceptors (Lipinski definition) is 3. The molecule has 0 aromatic heterocycles. The van der Waals surface area contributed by atoms with E-state index in [1.165, 1.54) is 0 Å². The van der Waals surface area contributed by atoms with Gasteiger partial charge in [-0.05, 0) is 36.8 Å². The van der Waals surface area contributed by atoms with Crippen LogP contribution in [0.2, 0.25) is 0 Å². The first-order valence-electron chi connectivity index (χ1n) is 6.51. The zero-order valence-electron chi connectivity index (χ0n) is 11.3. The molecular weight excluding hydrogens is 268 g/mol. The summed E-state index contributed by atoms with van der Waals surface area (Å²) < 4.78 is 0. The fourth-order valence-corrected chi connectivity index (χ4v) is 2.03. The topological polar surface area (TPSA) is 41.1 Å². The smallest absolute Gasteiger partial charge is 0.234 e. The minimum Gasteiger partial charge on any atom is -0.379 e. The van der Waals surface area contributed by atoms with E-state index in [1.807, 2.05) is 54.6 Å². The van der Waals surface area contributed by atoms with Gasteiger partial charge in [0.25, 0.3) is 0 Å². The average molecular weight is 286 g/mol. The van der Waals surface area contributed by atoms with Crippen molar-refractivity contribution in [2.24, 2.45) is 0 Å². The summed E-state index contributed by atoms with van der Waals surface area (Å²) in [6.45, 7) is 2.09. The predicted octanol–water partition coefficient (Wildman–Crippen LogP) is 3.73. The molecule has 20 heavy (non-hydrogen) atoms. The Kier molecular flexibility index (Phi) is 5.07. The molecule has 0 heterocycles. The first-order chi connectivity index (χ1) is 9.69. The summed E-state index contributed by atoms with van der Waals surface area (Å²) in [4.78, 5) is 11.4. The van der Waals surface area contributed by atoms with E-state index < -0.39 is 0 Å². The Balaban J connectivity index is 2.08. The second kappa shape index (κ2) is 7.01. The number of para-hydroxylation sites is 1. The van der Waals surface area contributed by atoms with Crippen molar-refractivity contribution in [3.8, 4) is 0 Å². The van der Waals surface area contributed by atoms with Crippen molar-refractivity contribution in [2.75, 3.05) is 16.4 Å². The second-order valence-electron chi connectivity index (χ2n) is 4.56. The molecule has 0 fully saturated rings. The van der Waals surface area contributed by atoms with Crippen LogP contribution in [0.3, 0.4) is 0 Å². The van der Waals surface area contributed by atoms with Crippen molar-refractivity contribution in [3.63, 3.8) is 0 Å². The molecule has 0 bridgehead atoms. The Labute approximate surface area is 124 Å². The quantitative estimate of drug-likeness (QED) is 0.733. The molecule has 0 aliphatic heterocycles. The van der Waals surface area contributed by atoms with Crippen molar-refractivity contribution in [2.45, 2.75) is 13.0 Å². The van der Waals surface area contributed by atoms with Gasteiger partial charge in [0, 0.05) is 17.4 Å². The fourth-order valence-electron chi connectivity index (χ4n) is 1.95. The van der Waals surface area contributed by atoms with Gasteiger partial charge >= 0.3 is 0 Å². The van der Waals surface area contributed by atoms with Crippen molar-refractivity contribution in [1.29, 1.82) is 0 Å². The minimum absolute atomic E-state index is 0.103. The number of nitrogens with one attached hydrogen (secondary N) is 2. The van der Waals surface area contributed by atoms with E-state index in [0.717, 1.165) is 16.9 Å². The number of amides is 1. The molecule has 3 nitrogen and oxygen atoms in total. The normalized spacial score (nSPS) is 11.7. The molecule has 1 amide bonds. The average Bonchev–Trinajstić information content (AvgIpc) is 2.48. The van der Waals surface area contributed by atoms with E-state index in [2.05, 4.69) is 30.2 Å². The van der Waals surface area contributed by atoms with Crippen molar-refractivity contribution >= 4 is 29.9 Å². The third-order valence-corrected chi connectivity index (χ3v) is 3.26. The summed E-state index contributed by atoms with van der Waals surface area (Å²) in [5, 5.41) is 6.23. The van der Waals surface area contributed by atoms with Crippen LogP contribution in [0.15, 0.2) is 54.6 Å². The highest BCUT2D eigenvalue weighted by Crippen LogP contribution is 2.21. The Morgan fingerprint density at radius 1 is 1.10 bits per heavy atom. The molecule has 4 heteroatoms. The van der Waals surface area contributed by atoms with Crippen LogP contribution in [-0.2, 0) is 4.79 Å². The Morgan fingerprint density at radius 3 is 2.50 bits per heavy atom. The first-order valence-corrected chi connectivity index (χ1v) is 7.14. The maximum atomic E-state index is 11.4. The molecule has 0 spiro atoms. The van der Waals surface area contributed by atoms with Gasteiger partial charge in [-0.25, -0.2) is 0 Å². The molecular formula is C16H18N2OS. The van der Waals surface area contributed by atoms with Crippen molar-refractivity contribution in [1.82, 2.24) is 0 Å². The van der Waals surface area contributed by atoms with Gasteiger partial charge < -0.3 is 10.6 Å². The van der Waals surface area contributed by atoms with Gasteiger partial charge in [-0.2, -0.15) is 12.6 Å². The summed E-state index contributed by atoms with van der Waals surface area (Å²) in [5.74, 6) is 0.0800. The lowest BCUT2D eigenvalue weighted by molar-refractivity contribution is -0.113. The molecule has 0 aliphatic rings. The molecule has 1 atom stereocenters. The molecule has 2 aromatic rings. The van der Waals surface area contributed by atoms with Crippen LogP contribution in [0.4, 0.5) is 11.4 Å². The largest absolute Gasteiger partial charge is 0.379 e. The van der Waals surface area contributed by atoms with Crippen LogP contribution in [0.5, 0.6) is 0 Å². The molecule has 2 rings (SSSR count). The number of rotatable bonds is 5. The third kappa shape index (κ3) is 4.03. The SMILES string of the molecule is CC(Nc1ccccc1)c1cccc(NC(=O)CS)c1. The van der Waals surface area contributed by atoms with E-state index in [1.54, 1.807) is 0 Å².